The highest BCUT2D eigenvalue weighted by molar-refractivity contribution is 7.99. The van der Waals surface area contributed by atoms with Gasteiger partial charge in [0.25, 0.3) is 5.22 Å². The molecule has 0 radical (unpaired) electrons. The lowest BCUT2D eigenvalue weighted by Crippen LogP contribution is -2.44. The summed E-state index contributed by atoms with van der Waals surface area (Å²) in [5, 5.41) is 0.813. The van der Waals surface area contributed by atoms with Crippen LogP contribution in [0.3, 0.4) is 0 Å². The summed E-state index contributed by atoms with van der Waals surface area (Å²) >= 11 is 1.73. The molecule has 5 heteroatoms. The molecule has 0 bridgehead atoms. The molecule has 1 fully saturated rings. The van der Waals surface area contributed by atoms with Gasteiger partial charge in [-0.15, -0.1) is 0 Å². The van der Waals surface area contributed by atoms with Crippen LogP contribution in [0.1, 0.15) is 33.0 Å². The Morgan fingerprint density at radius 3 is 2.55 bits per heavy atom. The summed E-state index contributed by atoms with van der Waals surface area (Å²) in [6.07, 6.45) is 3.06. The zero-order valence-corrected chi connectivity index (χ0v) is 14.0. The van der Waals surface area contributed by atoms with E-state index in [-0.39, 0.29) is 5.41 Å². The lowest BCUT2D eigenvalue weighted by Gasteiger charge is -2.32. The quantitative estimate of drug-likeness (QED) is 0.616. The number of hydrogen-bond acceptors (Lipinski definition) is 5. The Morgan fingerprint density at radius 1 is 1.25 bits per heavy atom. The first kappa shape index (κ1) is 15.9. The number of hydrogen-bond donors (Lipinski definition) is 0. The molecule has 0 atom stereocenters. The number of thioether (sulfide) groups is 1. The topological polar surface area (TPSA) is 32.5 Å². The van der Waals surface area contributed by atoms with Crippen molar-refractivity contribution in [2.75, 3.05) is 45.5 Å². The van der Waals surface area contributed by atoms with E-state index in [1.165, 1.54) is 39.1 Å². The van der Waals surface area contributed by atoms with Gasteiger partial charge in [0.15, 0.2) is 0 Å². The van der Waals surface area contributed by atoms with Crippen molar-refractivity contribution in [3.8, 4) is 0 Å². The molecule has 0 aromatic carbocycles. The summed E-state index contributed by atoms with van der Waals surface area (Å²) in [5.41, 5.74) is 0.0473. The van der Waals surface area contributed by atoms with Crippen molar-refractivity contribution < 1.29 is 4.42 Å². The van der Waals surface area contributed by atoms with Crippen LogP contribution in [0.25, 0.3) is 0 Å². The summed E-state index contributed by atoms with van der Waals surface area (Å²) in [4.78, 5) is 9.30. The maximum Gasteiger partial charge on any atom is 0.255 e. The first-order valence-electron chi connectivity index (χ1n) is 7.45. The van der Waals surface area contributed by atoms with Crippen molar-refractivity contribution in [2.24, 2.45) is 0 Å². The number of nitrogens with zero attached hydrogens (tertiary/aromatic N) is 3. The molecule has 1 aromatic heterocycles. The second-order valence-electron chi connectivity index (χ2n) is 6.59. The maximum atomic E-state index is 5.79. The van der Waals surface area contributed by atoms with Gasteiger partial charge in [0.05, 0.1) is 6.20 Å². The highest BCUT2D eigenvalue weighted by Crippen LogP contribution is 2.26. The molecule has 1 aliphatic heterocycles. The van der Waals surface area contributed by atoms with Crippen molar-refractivity contribution in [3.63, 3.8) is 0 Å². The Morgan fingerprint density at radius 2 is 1.95 bits per heavy atom. The Hall–Kier alpha value is -0.520. The molecule has 1 saturated heterocycles. The van der Waals surface area contributed by atoms with Crippen LogP contribution in [0.5, 0.6) is 0 Å². The largest absolute Gasteiger partial charge is 0.436 e. The lowest BCUT2D eigenvalue weighted by molar-refractivity contribution is 0.154. The van der Waals surface area contributed by atoms with Gasteiger partial charge >= 0.3 is 0 Å². The molecule has 0 N–H and O–H groups in total. The lowest BCUT2D eigenvalue weighted by atomic mass is 9.94. The molecule has 2 heterocycles. The molecule has 1 aromatic rings. The van der Waals surface area contributed by atoms with Gasteiger partial charge in [-0.05, 0) is 20.0 Å². The van der Waals surface area contributed by atoms with Crippen LogP contribution in [-0.2, 0) is 5.41 Å². The first-order chi connectivity index (χ1) is 9.45. The third-order valence-electron chi connectivity index (χ3n) is 3.66. The van der Waals surface area contributed by atoms with Crippen LogP contribution in [0.2, 0.25) is 0 Å². The van der Waals surface area contributed by atoms with E-state index < -0.39 is 0 Å². The van der Waals surface area contributed by atoms with E-state index in [1.807, 2.05) is 6.20 Å². The minimum atomic E-state index is 0.0473. The Kier molecular flexibility index (Phi) is 5.52. The van der Waals surface area contributed by atoms with Crippen LogP contribution >= 0.6 is 11.8 Å². The van der Waals surface area contributed by atoms with E-state index in [2.05, 4.69) is 42.6 Å². The second kappa shape index (κ2) is 6.96. The van der Waals surface area contributed by atoms with Crippen molar-refractivity contribution in [2.45, 2.75) is 37.8 Å². The van der Waals surface area contributed by atoms with Gasteiger partial charge in [-0.25, -0.2) is 4.98 Å². The zero-order valence-electron chi connectivity index (χ0n) is 13.2. The van der Waals surface area contributed by atoms with Gasteiger partial charge in [0.2, 0.25) is 0 Å². The fourth-order valence-electron chi connectivity index (χ4n) is 2.19. The molecule has 0 unspecified atom stereocenters. The van der Waals surface area contributed by atoms with Gasteiger partial charge in [0.1, 0.15) is 5.76 Å². The molecule has 0 aliphatic carbocycles. The smallest absolute Gasteiger partial charge is 0.255 e. The number of piperazine rings is 1. The molecule has 20 heavy (non-hydrogen) atoms. The Bertz CT molecular complexity index is 405. The van der Waals surface area contributed by atoms with E-state index in [1.54, 1.807) is 11.8 Å². The predicted molar refractivity (Wildman–Crippen MR) is 84.5 cm³/mol. The Balaban J connectivity index is 1.65. The first-order valence-corrected chi connectivity index (χ1v) is 8.44. The van der Waals surface area contributed by atoms with Crippen LogP contribution < -0.4 is 0 Å². The zero-order chi connectivity index (χ0) is 14.6. The minimum Gasteiger partial charge on any atom is -0.436 e. The summed E-state index contributed by atoms with van der Waals surface area (Å²) in [7, 11) is 2.20. The molecular weight excluding hydrogens is 270 g/mol. The van der Waals surface area contributed by atoms with Crippen molar-refractivity contribution in [1.82, 2.24) is 14.8 Å². The fourth-order valence-corrected chi connectivity index (χ4v) is 2.91. The van der Waals surface area contributed by atoms with E-state index in [0.29, 0.717) is 0 Å². The maximum absolute atomic E-state index is 5.79. The third kappa shape index (κ3) is 4.79. The third-order valence-corrected chi connectivity index (χ3v) is 4.59. The minimum absolute atomic E-state index is 0.0473. The van der Waals surface area contributed by atoms with Crippen LogP contribution in [0.15, 0.2) is 15.8 Å². The standard InChI is InChI=1S/C15H27N3OS/c1-15(2,3)13-12-16-14(19-13)20-11-5-6-18-9-7-17(4)8-10-18/h12H,5-11H2,1-4H3. The molecule has 0 saturated carbocycles. The molecule has 1 aliphatic rings. The highest BCUT2D eigenvalue weighted by Gasteiger charge is 2.19. The highest BCUT2D eigenvalue weighted by atomic mass is 32.2. The summed E-state index contributed by atoms with van der Waals surface area (Å²) in [5.74, 6) is 2.05. The fraction of sp³-hybridized carbons (Fsp3) is 0.800. The number of aromatic nitrogens is 1. The van der Waals surface area contributed by atoms with Crippen molar-refractivity contribution in [1.29, 1.82) is 0 Å². The van der Waals surface area contributed by atoms with E-state index in [4.69, 9.17) is 4.42 Å². The Labute approximate surface area is 126 Å². The molecular formula is C15H27N3OS. The summed E-state index contributed by atoms with van der Waals surface area (Å²) < 4.78 is 5.79. The van der Waals surface area contributed by atoms with E-state index >= 15 is 0 Å². The molecule has 0 amide bonds. The van der Waals surface area contributed by atoms with Crippen molar-refractivity contribution >= 4 is 11.8 Å². The van der Waals surface area contributed by atoms with Gasteiger partial charge in [-0.1, -0.05) is 32.5 Å². The van der Waals surface area contributed by atoms with E-state index in [0.717, 1.165) is 16.7 Å². The monoisotopic (exact) mass is 297 g/mol. The molecule has 114 valence electrons. The van der Waals surface area contributed by atoms with Crippen LogP contribution in [-0.4, -0.2) is 60.3 Å². The normalized spacial score (nSPS) is 18.6. The van der Waals surface area contributed by atoms with Crippen LogP contribution in [0, 0.1) is 0 Å². The van der Waals surface area contributed by atoms with E-state index in [9.17, 15) is 0 Å². The van der Waals surface area contributed by atoms with Gasteiger partial charge in [-0.3, -0.25) is 0 Å². The number of oxazole rings is 1. The van der Waals surface area contributed by atoms with Crippen molar-refractivity contribution in [3.05, 3.63) is 12.0 Å². The second-order valence-corrected chi connectivity index (χ2v) is 7.63. The molecule has 0 spiro atoms. The summed E-state index contributed by atoms with van der Waals surface area (Å²) in [6, 6.07) is 0. The molecule has 4 nitrogen and oxygen atoms in total. The van der Waals surface area contributed by atoms with Crippen LogP contribution in [0.4, 0.5) is 0 Å². The average Bonchev–Trinajstić information content (AvgIpc) is 2.85. The molecule has 2 rings (SSSR count). The van der Waals surface area contributed by atoms with Gasteiger partial charge in [-0.2, -0.15) is 0 Å². The summed E-state index contributed by atoms with van der Waals surface area (Å²) in [6.45, 7) is 12.4. The average molecular weight is 297 g/mol. The van der Waals surface area contributed by atoms with Gasteiger partial charge < -0.3 is 14.2 Å². The number of likely N-dealkylation sites (N-methyl/N-ethyl adjacent to an activating group) is 1. The number of rotatable bonds is 5. The predicted octanol–water partition coefficient (Wildman–Crippen LogP) is 2.70. The van der Waals surface area contributed by atoms with Gasteiger partial charge in [0, 0.05) is 37.3 Å². The SMILES string of the molecule is CN1CCN(CCCSc2ncc(C(C)(C)C)o2)CC1.